The van der Waals surface area contributed by atoms with Crippen molar-refractivity contribution >= 4 is 17.7 Å². The van der Waals surface area contributed by atoms with Crippen LogP contribution in [0.3, 0.4) is 0 Å². The minimum Gasteiger partial charge on any atom is -0.481 e. The molecule has 19 heavy (non-hydrogen) atoms. The SMILES string of the molecule is Cc1cc(SCC(=O)O)n(-c2ccc(F)cc2F)n1. The third-order valence-electron chi connectivity index (χ3n) is 2.28. The summed E-state index contributed by atoms with van der Waals surface area (Å²) in [6, 6.07) is 4.80. The van der Waals surface area contributed by atoms with Gasteiger partial charge in [0.2, 0.25) is 0 Å². The van der Waals surface area contributed by atoms with Crippen molar-refractivity contribution in [2.24, 2.45) is 0 Å². The van der Waals surface area contributed by atoms with Gasteiger partial charge in [0.05, 0.1) is 11.4 Å². The third kappa shape index (κ3) is 3.11. The van der Waals surface area contributed by atoms with Crippen LogP contribution in [0.4, 0.5) is 8.78 Å². The van der Waals surface area contributed by atoms with Gasteiger partial charge in [0.25, 0.3) is 0 Å². The van der Waals surface area contributed by atoms with Crippen LogP contribution in [-0.2, 0) is 4.79 Å². The number of carbonyl (C=O) groups is 1. The molecule has 2 rings (SSSR count). The van der Waals surface area contributed by atoms with Gasteiger partial charge in [-0.05, 0) is 25.1 Å². The van der Waals surface area contributed by atoms with E-state index in [2.05, 4.69) is 5.10 Å². The van der Waals surface area contributed by atoms with E-state index in [0.29, 0.717) is 10.7 Å². The van der Waals surface area contributed by atoms with E-state index in [0.717, 1.165) is 23.9 Å². The van der Waals surface area contributed by atoms with E-state index in [1.54, 1.807) is 13.0 Å². The molecule has 1 aromatic carbocycles. The third-order valence-corrected chi connectivity index (χ3v) is 3.26. The summed E-state index contributed by atoms with van der Waals surface area (Å²) in [7, 11) is 0. The molecular formula is C12H10F2N2O2S. The van der Waals surface area contributed by atoms with Crippen LogP contribution in [0.2, 0.25) is 0 Å². The average Bonchev–Trinajstić information content (AvgIpc) is 2.67. The molecule has 0 spiro atoms. The van der Waals surface area contributed by atoms with Gasteiger partial charge in [-0.15, -0.1) is 0 Å². The second-order valence-electron chi connectivity index (χ2n) is 3.81. The standard InChI is InChI=1S/C12H10F2N2O2S/c1-7-4-11(19-6-12(17)18)16(15-7)10-3-2-8(13)5-9(10)14/h2-5H,6H2,1H3,(H,17,18). The zero-order chi connectivity index (χ0) is 14.0. The number of halogens is 2. The first-order valence-electron chi connectivity index (χ1n) is 5.34. The topological polar surface area (TPSA) is 55.1 Å². The highest BCUT2D eigenvalue weighted by atomic mass is 32.2. The van der Waals surface area contributed by atoms with E-state index in [1.165, 1.54) is 10.7 Å². The molecule has 0 saturated heterocycles. The maximum Gasteiger partial charge on any atom is 0.313 e. The van der Waals surface area contributed by atoms with E-state index >= 15 is 0 Å². The molecule has 0 aliphatic rings. The zero-order valence-corrected chi connectivity index (χ0v) is 10.7. The van der Waals surface area contributed by atoms with E-state index in [4.69, 9.17) is 5.11 Å². The lowest BCUT2D eigenvalue weighted by Crippen LogP contribution is -2.04. The molecule has 0 fully saturated rings. The Morgan fingerprint density at radius 1 is 1.42 bits per heavy atom. The summed E-state index contributed by atoms with van der Waals surface area (Å²) in [5, 5.41) is 13.2. The van der Waals surface area contributed by atoms with Gasteiger partial charge >= 0.3 is 5.97 Å². The lowest BCUT2D eigenvalue weighted by atomic mass is 10.3. The van der Waals surface area contributed by atoms with E-state index < -0.39 is 17.6 Å². The Morgan fingerprint density at radius 2 is 2.16 bits per heavy atom. The number of benzene rings is 1. The van der Waals surface area contributed by atoms with Gasteiger partial charge in [-0.2, -0.15) is 5.10 Å². The number of carboxylic acid groups (broad SMARTS) is 1. The lowest BCUT2D eigenvalue weighted by Gasteiger charge is -2.07. The van der Waals surface area contributed by atoms with Crippen LogP contribution < -0.4 is 0 Å². The molecule has 0 aliphatic carbocycles. The number of aliphatic carboxylic acids is 1. The summed E-state index contributed by atoms with van der Waals surface area (Å²) in [4.78, 5) is 10.6. The minimum absolute atomic E-state index is 0.0855. The molecule has 7 heteroatoms. The van der Waals surface area contributed by atoms with Gasteiger partial charge in [0, 0.05) is 6.07 Å². The molecule has 0 unspecified atom stereocenters. The Labute approximate surface area is 112 Å². The fourth-order valence-corrected chi connectivity index (χ4v) is 2.33. The van der Waals surface area contributed by atoms with Crippen molar-refractivity contribution in [2.75, 3.05) is 5.75 Å². The van der Waals surface area contributed by atoms with Crippen molar-refractivity contribution < 1.29 is 18.7 Å². The quantitative estimate of drug-likeness (QED) is 0.877. The summed E-state index contributed by atoms with van der Waals surface area (Å²) in [5.41, 5.74) is 0.707. The molecule has 0 bridgehead atoms. The molecule has 0 saturated carbocycles. The van der Waals surface area contributed by atoms with Gasteiger partial charge in [-0.25, -0.2) is 13.5 Å². The summed E-state index contributed by atoms with van der Waals surface area (Å²) in [6.45, 7) is 1.71. The summed E-state index contributed by atoms with van der Waals surface area (Å²) >= 11 is 1.02. The summed E-state index contributed by atoms with van der Waals surface area (Å²) in [5.74, 6) is -2.56. The molecule has 4 nitrogen and oxygen atoms in total. The molecule has 0 radical (unpaired) electrons. The maximum absolute atomic E-state index is 13.7. The largest absolute Gasteiger partial charge is 0.481 e. The highest BCUT2D eigenvalue weighted by Crippen LogP contribution is 2.24. The second kappa shape index (κ2) is 5.40. The van der Waals surface area contributed by atoms with Gasteiger partial charge in [-0.3, -0.25) is 4.79 Å². The fourth-order valence-electron chi connectivity index (χ4n) is 1.54. The number of aryl methyl sites for hydroxylation is 1. The molecule has 1 aromatic heterocycles. The highest BCUT2D eigenvalue weighted by molar-refractivity contribution is 7.99. The van der Waals surface area contributed by atoms with Crippen LogP contribution in [0.15, 0.2) is 29.3 Å². The number of aromatic nitrogens is 2. The molecule has 1 N–H and O–H groups in total. The fraction of sp³-hybridized carbons (Fsp3) is 0.167. The van der Waals surface area contributed by atoms with Crippen molar-refractivity contribution in [1.82, 2.24) is 9.78 Å². The monoisotopic (exact) mass is 284 g/mol. The first-order valence-corrected chi connectivity index (χ1v) is 6.32. The van der Waals surface area contributed by atoms with Crippen LogP contribution in [0.5, 0.6) is 0 Å². The van der Waals surface area contributed by atoms with Crippen molar-refractivity contribution in [3.63, 3.8) is 0 Å². The van der Waals surface area contributed by atoms with Crippen molar-refractivity contribution in [3.05, 3.63) is 41.6 Å². The van der Waals surface area contributed by atoms with Gasteiger partial charge in [0.1, 0.15) is 16.5 Å². The molecular weight excluding hydrogens is 274 g/mol. The number of hydrogen-bond acceptors (Lipinski definition) is 3. The highest BCUT2D eigenvalue weighted by Gasteiger charge is 2.13. The Morgan fingerprint density at radius 3 is 2.79 bits per heavy atom. The number of thioether (sulfide) groups is 1. The predicted molar refractivity (Wildman–Crippen MR) is 66.6 cm³/mol. The molecule has 0 amide bonds. The Kier molecular flexibility index (Phi) is 3.84. The molecule has 2 aromatic rings. The van der Waals surface area contributed by atoms with E-state index in [9.17, 15) is 13.6 Å². The van der Waals surface area contributed by atoms with Crippen molar-refractivity contribution in [1.29, 1.82) is 0 Å². The van der Waals surface area contributed by atoms with Crippen molar-refractivity contribution in [3.8, 4) is 5.69 Å². The predicted octanol–water partition coefficient (Wildman–Crippen LogP) is 2.64. The van der Waals surface area contributed by atoms with E-state index in [-0.39, 0.29) is 11.4 Å². The van der Waals surface area contributed by atoms with Gasteiger partial charge < -0.3 is 5.11 Å². The Balaban J connectivity index is 2.40. The number of hydrogen-bond donors (Lipinski definition) is 1. The number of carboxylic acids is 1. The first-order chi connectivity index (χ1) is 8.97. The summed E-state index contributed by atoms with van der Waals surface area (Å²) < 4.78 is 27.8. The Hall–Kier alpha value is -1.89. The van der Waals surface area contributed by atoms with Crippen LogP contribution in [0.25, 0.3) is 5.69 Å². The second-order valence-corrected chi connectivity index (χ2v) is 4.81. The lowest BCUT2D eigenvalue weighted by molar-refractivity contribution is -0.133. The maximum atomic E-state index is 13.7. The van der Waals surface area contributed by atoms with Crippen molar-refractivity contribution in [2.45, 2.75) is 11.9 Å². The number of rotatable bonds is 4. The normalized spacial score (nSPS) is 10.7. The molecule has 100 valence electrons. The van der Waals surface area contributed by atoms with Crippen LogP contribution >= 0.6 is 11.8 Å². The minimum atomic E-state index is -0.977. The van der Waals surface area contributed by atoms with Gasteiger partial charge in [-0.1, -0.05) is 11.8 Å². The molecule has 0 aliphatic heterocycles. The van der Waals surface area contributed by atoms with Crippen LogP contribution in [-0.4, -0.2) is 26.6 Å². The summed E-state index contributed by atoms with van der Waals surface area (Å²) in [6.07, 6.45) is 0. The zero-order valence-electron chi connectivity index (χ0n) is 9.93. The first kappa shape index (κ1) is 13.5. The smallest absolute Gasteiger partial charge is 0.313 e. The van der Waals surface area contributed by atoms with Gasteiger partial charge in [0.15, 0.2) is 5.82 Å². The van der Waals surface area contributed by atoms with Crippen LogP contribution in [0, 0.1) is 18.6 Å². The van der Waals surface area contributed by atoms with Crippen LogP contribution in [0.1, 0.15) is 5.69 Å². The van der Waals surface area contributed by atoms with E-state index in [1.807, 2.05) is 0 Å². The number of nitrogens with zero attached hydrogens (tertiary/aromatic N) is 2. The Bertz CT molecular complexity index is 628. The molecule has 1 heterocycles. The average molecular weight is 284 g/mol. The molecule has 0 atom stereocenters.